The number of anilines is 2. The average molecular weight is 360 g/mol. The molecule has 0 bridgehead atoms. The quantitative estimate of drug-likeness (QED) is 0.592. The van der Waals surface area contributed by atoms with E-state index in [2.05, 4.69) is 20.3 Å². The van der Waals surface area contributed by atoms with Gasteiger partial charge in [0.15, 0.2) is 5.79 Å². The summed E-state index contributed by atoms with van der Waals surface area (Å²) in [6.45, 7) is 3.50. The smallest absolute Gasteiger partial charge is 0.333 e. The summed E-state index contributed by atoms with van der Waals surface area (Å²) in [5.74, 6) is -0.590. The molecule has 0 unspecified atom stereocenters. The van der Waals surface area contributed by atoms with Crippen LogP contribution in [0.1, 0.15) is 20.3 Å². The molecule has 1 aromatic rings. The Kier molecular flexibility index (Phi) is 4.34. The number of fused-ring (bicyclic) bond motifs is 1. The Bertz CT molecular complexity index is 714. The Hall–Kier alpha value is -1.60. The van der Waals surface area contributed by atoms with E-state index in [1.165, 1.54) is 6.33 Å². The highest BCUT2D eigenvalue weighted by molar-refractivity contribution is 7.84. The van der Waals surface area contributed by atoms with E-state index in [1.807, 2.05) is 0 Å². The fourth-order valence-corrected chi connectivity index (χ4v) is 3.48. The molecule has 1 aromatic heterocycles. The summed E-state index contributed by atoms with van der Waals surface area (Å²) in [5.41, 5.74) is 5.55. The van der Waals surface area contributed by atoms with E-state index in [1.54, 1.807) is 13.8 Å². The van der Waals surface area contributed by atoms with Gasteiger partial charge in [-0.1, -0.05) is 0 Å². The van der Waals surface area contributed by atoms with Crippen molar-refractivity contribution in [1.82, 2.24) is 15.0 Å². The number of ether oxygens (including phenoxy) is 2. The van der Waals surface area contributed by atoms with Crippen molar-refractivity contribution in [2.45, 2.75) is 44.3 Å². The average Bonchev–Trinajstić information content (AvgIpc) is 2.91. The summed E-state index contributed by atoms with van der Waals surface area (Å²) in [7, 11) is -4.02. The highest BCUT2D eigenvalue weighted by Gasteiger charge is 2.54. The van der Waals surface area contributed by atoms with Gasteiger partial charge in [0.2, 0.25) is 11.9 Å². The number of hydrogen-bond acceptors (Lipinski definition) is 10. The van der Waals surface area contributed by atoms with E-state index in [-0.39, 0.29) is 36.7 Å². The number of nitrogen functional groups attached to an aromatic ring is 1. The second-order valence-electron chi connectivity index (χ2n) is 6.26. The van der Waals surface area contributed by atoms with Gasteiger partial charge >= 0.3 is 10.3 Å². The van der Waals surface area contributed by atoms with Crippen LogP contribution in [-0.4, -0.2) is 54.0 Å². The Morgan fingerprint density at radius 2 is 2.08 bits per heavy atom. The van der Waals surface area contributed by atoms with Crippen molar-refractivity contribution in [3.05, 3.63) is 6.33 Å². The van der Waals surface area contributed by atoms with Crippen molar-refractivity contribution >= 4 is 22.2 Å². The molecule has 0 spiro atoms. The van der Waals surface area contributed by atoms with Gasteiger partial charge in [0.05, 0.1) is 18.8 Å². The molecule has 0 aromatic carbocycles. The summed E-state index contributed by atoms with van der Waals surface area (Å²) < 4.78 is 38.6. The first-order valence-electron chi connectivity index (χ1n) is 7.37. The summed E-state index contributed by atoms with van der Waals surface area (Å²) in [4.78, 5) is 11.7. The zero-order valence-electron chi connectivity index (χ0n) is 13.2. The van der Waals surface area contributed by atoms with E-state index in [0.717, 1.165) is 0 Å². The maximum Gasteiger partial charge on any atom is 0.333 e. The number of nitrogens with zero attached hydrogens (tertiary/aromatic N) is 3. The van der Waals surface area contributed by atoms with Crippen LogP contribution in [0.4, 0.5) is 11.9 Å². The summed E-state index contributed by atoms with van der Waals surface area (Å²) in [6.07, 6.45) is 1.19. The van der Waals surface area contributed by atoms with Crippen molar-refractivity contribution in [2.24, 2.45) is 11.1 Å². The van der Waals surface area contributed by atoms with Gasteiger partial charge in [-0.15, -0.1) is 0 Å². The fourth-order valence-electron chi connectivity index (χ4n) is 3.12. The zero-order valence-corrected chi connectivity index (χ0v) is 14.1. The number of nitrogens with two attached hydrogens (primary N) is 2. The SMILES string of the molecule is CC1(C)O[C@@H]2[C@@H](COS(N)(=O)=O)C[C@@H](Nc3ncnc(N)n3)[C@@H]2O1. The molecule has 5 N–H and O–H groups in total. The van der Waals surface area contributed by atoms with E-state index in [0.29, 0.717) is 12.4 Å². The van der Waals surface area contributed by atoms with Crippen LogP contribution in [0.25, 0.3) is 0 Å². The van der Waals surface area contributed by atoms with Gasteiger partial charge in [0, 0.05) is 5.92 Å². The van der Waals surface area contributed by atoms with Crippen molar-refractivity contribution in [3.63, 3.8) is 0 Å². The Balaban J connectivity index is 1.75. The zero-order chi connectivity index (χ0) is 17.5. The van der Waals surface area contributed by atoms with Gasteiger partial charge in [-0.3, -0.25) is 4.18 Å². The second-order valence-corrected chi connectivity index (χ2v) is 7.48. The lowest BCUT2D eigenvalue weighted by Gasteiger charge is -2.23. The molecule has 24 heavy (non-hydrogen) atoms. The van der Waals surface area contributed by atoms with Gasteiger partial charge < -0.3 is 20.5 Å². The maximum absolute atomic E-state index is 11.0. The number of hydrogen-bond donors (Lipinski definition) is 3. The van der Waals surface area contributed by atoms with E-state index >= 15 is 0 Å². The summed E-state index contributed by atoms with van der Waals surface area (Å²) >= 11 is 0. The third-order valence-corrected chi connectivity index (χ3v) is 4.40. The molecule has 2 heterocycles. The first-order chi connectivity index (χ1) is 11.1. The first kappa shape index (κ1) is 17.2. The molecule has 1 saturated heterocycles. The van der Waals surface area contributed by atoms with Crippen molar-refractivity contribution in [2.75, 3.05) is 17.7 Å². The van der Waals surface area contributed by atoms with Crippen LogP contribution in [0.5, 0.6) is 0 Å². The van der Waals surface area contributed by atoms with E-state index in [9.17, 15) is 8.42 Å². The van der Waals surface area contributed by atoms with Crippen LogP contribution in [0, 0.1) is 5.92 Å². The van der Waals surface area contributed by atoms with Gasteiger partial charge in [0.1, 0.15) is 12.4 Å². The lowest BCUT2D eigenvalue weighted by Crippen LogP contribution is -2.35. The minimum Gasteiger partial charge on any atom is -0.368 e. The first-order valence-corrected chi connectivity index (χ1v) is 8.84. The van der Waals surface area contributed by atoms with Gasteiger partial charge in [0.25, 0.3) is 0 Å². The van der Waals surface area contributed by atoms with Crippen LogP contribution in [0.2, 0.25) is 0 Å². The largest absolute Gasteiger partial charge is 0.368 e. The molecule has 0 radical (unpaired) electrons. The van der Waals surface area contributed by atoms with Crippen LogP contribution in [0.3, 0.4) is 0 Å². The maximum atomic E-state index is 11.0. The van der Waals surface area contributed by atoms with E-state index in [4.69, 9.17) is 24.5 Å². The minimum atomic E-state index is -4.02. The molecular formula is C12H20N6O5S. The topological polar surface area (TPSA) is 165 Å². The standard InChI is InChI=1S/C12H20N6O5S/c1-12(2)22-8-6(4-21-24(14,19)20)3-7(9(8)23-12)17-11-16-5-15-10(13)18-11/h5-9H,3-4H2,1-2H3,(H2,14,19,20)(H3,13,15,16,17,18)/t6-,7-,8-,9+/m1/s1. The fraction of sp³-hybridized carbons (Fsp3) is 0.750. The third kappa shape index (κ3) is 3.89. The highest BCUT2D eigenvalue weighted by Crippen LogP contribution is 2.42. The summed E-state index contributed by atoms with van der Waals surface area (Å²) in [5, 5.41) is 8.03. The van der Waals surface area contributed by atoms with Crippen LogP contribution in [-0.2, 0) is 24.0 Å². The Morgan fingerprint density at radius 3 is 2.75 bits per heavy atom. The molecule has 11 nitrogen and oxygen atoms in total. The monoisotopic (exact) mass is 360 g/mol. The summed E-state index contributed by atoms with van der Waals surface area (Å²) in [6, 6.07) is -0.201. The highest BCUT2D eigenvalue weighted by atomic mass is 32.2. The van der Waals surface area contributed by atoms with Gasteiger partial charge in [-0.25, -0.2) is 15.1 Å². The minimum absolute atomic E-state index is 0.0863. The number of rotatable bonds is 5. The number of aromatic nitrogens is 3. The molecule has 2 aliphatic rings. The molecule has 4 atom stereocenters. The van der Waals surface area contributed by atoms with Crippen molar-refractivity contribution < 1.29 is 22.1 Å². The van der Waals surface area contributed by atoms with Crippen molar-refractivity contribution in [3.8, 4) is 0 Å². The Morgan fingerprint density at radius 1 is 1.38 bits per heavy atom. The number of nitrogens with one attached hydrogen (secondary N) is 1. The molecule has 1 aliphatic carbocycles. The predicted octanol–water partition coefficient (Wildman–Crippen LogP) is -1.01. The molecule has 134 valence electrons. The molecule has 12 heteroatoms. The predicted molar refractivity (Wildman–Crippen MR) is 82.6 cm³/mol. The Labute approximate surface area is 139 Å². The van der Waals surface area contributed by atoms with Crippen LogP contribution in [0.15, 0.2) is 6.33 Å². The normalized spacial score (nSPS) is 31.8. The molecule has 3 rings (SSSR count). The van der Waals surface area contributed by atoms with Crippen molar-refractivity contribution in [1.29, 1.82) is 0 Å². The van der Waals surface area contributed by atoms with E-state index < -0.39 is 16.1 Å². The molecule has 1 saturated carbocycles. The molecular weight excluding hydrogens is 340 g/mol. The molecule has 1 aliphatic heterocycles. The van der Waals surface area contributed by atoms with Gasteiger partial charge in [-0.2, -0.15) is 13.4 Å². The third-order valence-electron chi connectivity index (χ3n) is 3.93. The van der Waals surface area contributed by atoms with Crippen LogP contribution >= 0.6 is 0 Å². The lowest BCUT2D eigenvalue weighted by molar-refractivity contribution is -0.158. The lowest BCUT2D eigenvalue weighted by atomic mass is 10.1. The second kappa shape index (κ2) is 6.04. The van der Waals surface area contributed by atoms with Gasteiger partial charge in [-0.05, 0) is 20.3 Å². The van der Waals surface area contributed by atoms with Crippen LogP contribution < -0.4 is 16.2 Å². The molecule has 0 amide bonds. The molecule has 2 fully saturated rings.